The van der Waals surface area contributed by atoms with E-state index in [-0.39, 0.29) is 11.8 Å². The Kier molecular flexibility index (Phi) is 4.22. The number of rotatable bonds is 4. The zero-order chi connectivity index (χ0) is 13.1. The van der Waals surface area contributed by atoms with E-state index in [9.17, 15) is 13.2 Å². The molecule has 1 unspecified atom stereocenters. The van der Waals surface area contributed by atoms with E-state index in [0.29, 0.717) is 12.2 Å². The third-order valence-electron chi connectivity index (χ3n) is 2.03. The first-order valence-electron chi connectivity index (χ1n) is 5.00. The maximum Gasteiger partial charge on any atom is 0.573 e. The number of ether oxygens (including phenoxy) is 2. The molecule has 0 aliphatic heterocycles. The van der Waals surface area contributed by atoms with E-state index in [2.05, 4.69) is 4.74 Å². The van der Waals surface area contributed by atoms with E-state index in [4.69, 9.17) is 10.5 Å². The Hall–Kier alpha value is -1.43. The van der Waals surface area contributed by atoms with Crippen LogP contribution in [0.15, 0.2) is 18.2 Å². The van der Waals surface area contributed by atoms with Gasteiger partial charge in [-0.05, 0) is 25.0 Å². The van der Waals surface area contributed by atoms with Crippen LogP contribution in [0.5, 0.6) is 11.5 Å². The lowest BCUT2D eigenvalue weighted by atomic mass is 10.1. The number of benzene rings is 1. The molecule has 0 saturated carbocycles. The molecule has 3 nitrogen and oxygen atoms in total. The minimum atomic E-state index is -4.70. The topological polar surface area (TPSA) is 44.5 Å². The van der Waals surface area contributed by atoms with Gasteiger partial charge in [0.05, 0.1) is 7.11 Å². The third-order valence-corrected chi connectivity index (χ3v) is 2.03. The monoisotopic (exact) mass is 249 g/mol. The molecule has 0 aliphatic rings. The first-order chi connectivity index (χ1) is 7.81. The predicted molar refractivity (Wildman–Crippen MR) is 57.0 cm³/mol. The normalized spacial score (nSPS) is 13.3. The van der Waals surface area contributed by atoms with E-state index >= 15 is 0 Å². The summed E-state index contributed by atoms with van der Waals surface area (Å²) in [6, 6.07) is 3.86. The highest BCUT2D eigenvalue weighted by molar-refractivity contribution is 5.41. The molecule has 1 aromatic rings. The number of halogens is 3. The number of nitrogens with two attached hydrogens (primary N) is 1. The summed E-state index contributed by atoms with van der Waals surface area (Å²) >= 11 is 0. The second-order valence-electron chi connectivity index (χ2n) is 3.70. The van der Waals surface area contributed by atoms with E-state index in [0.717, 1.165) is 5.56 Å². The van der Waals surface area contributed by atoms with Gasteiger partial charge in [-0.1, -0.05) is 6.07 Å². The van der Waals surface area contributed by atoms with Crippen molar-refractivity contribution in [2.45, 2.75) is 25.7 Å². The summed E-state index contributed by atoms with van der Waals surface area (Å²) in [5.41, 5.74) is 6.37. The fourth-order valence-corrected chi connectivity index (χ4v) is 1.44. The second kappa shape index (κ2) is 5.27. The number of hydrogen-bond donors (Lipinski definition) is 1. The van der Waals surface area contributed by atoms with Gasteiger partial charge in [-0.15, -0.1) is 13.2 Å². The van der Waals surface area contributed by atoms with Crippen LogP contribution in [0.25, 0.3) is 0 Å². The summed E-state index contributed by atoms with van der Waals surface area (Å²) in [5.74, 6) is 0.0341. The van der Waals surface area contributed by atoms with E-state index in [1.54, 1.807) is 6.92 Å². The summed E-state index contributed by atoms with van der Waals surface area (Å²) < 4.78 is 44.8. The Balaban J connectivity index is 2.92. The highest BCUT2D eigenvalue weighted by Crippen LogP contribution is 2.29. The average molecular weight is 249 g/mol. The predicted octanol–water partition coefficient (Wildman–Crippen LogP) is 2.48. The minimum absolute atomic E-state index is 0.0988. The molecule has 0 fully saturated rings. The van der Waals surface area contributed by atoms with Crippen molar-refractivity contribution < 1.29 is 22.6 Å². The van der Waals surface area contributed by atoms with Crippen molar-refractivity contribution in [3.8, 4) is 11.5 Å². The number of hydrogen-bond acceptors (Lipinski definition) is 3. The van der Waals surface area contributed by atoms with Crippen LogP contribution in [0.1, 0.15) is 12.5 Å². The molecule has 0 aliphatic carbocycles. The van der Waals surface area contributed by atoms with Crippen molar-refractivity contribution in [1.29, 1.82) is 0 Å². The molecule has 0 heterocycles. The molecule has 1 rings (SSSR count). The molecule has 2 N–H and O–H groups in total. The maximum atomic E-state index is 12.0. The standard InChI is InChI=1S/C11H14F3NO2/c1-7(15)5-8-3-4-9(6-10(8)16-2)17-11(12,13)14/h3-4,6-7H,5,15H2,1-2H3. The van der Waals surface area contributed by atoms with Gasteiger partial charge in [-0.25, -0.2) is 0 Å². The van der Waals surface area contributed by atoms with E-state index in [1.807, 2.05) is 0 Å². The first kappa shape index (κ1) is 13.6. The van der Waals surface area contributed by atoms with Crippen LogP contribution < -0.4 is 15.2 Å². The van der Waals surface area contributed by atoms with E-state index < -0.39 is 6.36 Å². The van der Waals surface area contributed by atoms with Gasteiger partial charge in [0.1, 0.15) is 11.5 Å². The van der Waals surface area contributed by atoms with Gasteiger partial charge in [-0.2, -0.15) is 0 Å². The van der Waals surface area contributed by atoms with Gasteiger partial charge >= 0.3 is 6.36 Å². The lowest BCUT2D eigenvalue weighted by molar-refractivity contribution is -0.274. The highest BCUT2D eigenvalue weighted by Gasteiger charge is 2.31. The van der Waals surface area contributed by atoms with Crippen LogP contribution >= 0.6 is 0 Å². The molecule has 0 bridgehead atoms. The fourth-order valence-electron chi connectivity index (χ4n) is 1.44. The number of methoxy groups -OCH3 is 1. The van der Waals surface area contributed by atoms with Gasteiger partial charge in [0.2, 0.25) is 0 Å². The Labute approximate surface area is 97.3 Å². The van der Waals surface area contributed by atoms with Crippen molar-refractivity contribution in [2.75, 3.05) is 7.11 Å². The van der Waals surface area contributed by atoms with Crippen LogP contribution in [-0.4, -0.2) is 19.5 Å². The molecular formula is C11H14F3NO2. The molecule has 0 aromatic heterocycles. The maximum absolute atomic E-state index is 12.0. The highest BCUT2D eigenvalue weighted by atomic mass is 19.4. The molecule has 0 amide bonds. The molecule has 1 aromatic carbocycles. The summed E-state index contributed by atoms with van der Waals surface area (Å²) in [7, 11) is 1.39. The fraction of sp³-hybridized carbons (Fsp3) is 0.455. The van der Waals surface area contributed by atoms with Crippen LogP contribution in [0, 0.1) is 0 Å². The molecule has 17 heavy (non-hydrogen) atoms. The quantitative estimate of drug-likeness (QED) is 0.891. The van der Waals surface area contributed by atoms with Crippen molar-refractivity contribution in [1.82, 2.24) is 0 Å². The average Bonchev–Trinajstić information content (AvgIpc) is 2.17. The molecular weight excluding hydrogens is 235 g/mol. The van der Waals surface area contributed by atoms with Crippen LogP contribution in [0.3, 0.4) is 0 Å². The second-order valence-corrected chi connectivity index (χ2v) is 3.70. The molecule has 0 saturated heterocycles. The molecule has 0 radical (unpaired) electrons. The van der Waals surface area contributed by atoms with Crippen molar-refractivity contribution in [3.05, 3.63) is 23.8 Å². The number of alkyl halides is 3. The third kappa shape index (κ3) is 4.52. The Morgan fingerprint density at radius 2 is 2.00 bits per heavy atom. The van der Waals surface area contributed by atoms with Crippen LogP contribution in [0.4, 0.5) is 13.2 Å². The minimum Gasteiger partial charge on any atom is -0.496 e. The molecule has 1 atom stereocenters. The first-order valence-corrected chi connectivity index (χ1v) is 5.00. The largest absolute Gasteiger partial charge is 0.573 e. The van der Waals surface area contributed by atoms with Gasteiger partial charge < -0.3 is 15.2 Å². The lowest BCUT2D eigenvalue weighted by Gasteiger charge is -2.14. The van der Waals surface area contributed by atoms with Gasteiger partial charge in [0, 0.05) is 12.1 Å². The van der Waals surface area contributed by atoms with Crippen molar-refractivity contribution in [2.24, 2.45) is 5.73 Å². The molecule has 0 spiro atoms. The Morgan fingerprint density at radius 1 is 1.35 bits per heavy atom. The smallest absolute Gasteiger partial charge is 0.496 e. The van der Waals surface area contributed by atoms with E-state index in [1.165, 1.54) is 25.3 Å². The van der Waals surface area contributed by atoms with Crippen LogP contribution in [0.2, 0.25) is 0 Å². The van der Waals surface area contributed by atoms with Crippen molar-refractivity contribution >= 4 is 0 Å². The molecule has 96 valence electrons. The summed E-state index contributed by atoms with van der Waals surface area (Å²) in [4.78, 5) is 0. The lowest BCUT2D eigenvalue weighted by Crippen LogP contribution is -2.19. The van der Waals surface area contributed by atoms with Crippen molar-refractivity contribution in [3.63, 3.8) is 0 Å². The molecule has 6 heteroatoms. The zero-order valence-corrected chi connectivity index (χ0v) is 9.54. The van der Waals surface area contributed by atoms with Gasteiger partial charge in [0.15, 0.2) is 0 Å². The van der Waals surface area contributed by atoms with Gasteiger partial charge in [-0.3, -0.25) is 0 Å². The summed E-state index contributed by atoms with van der Waals surface area (Å²) in [6.07, 6.45) is -4.18. The SMILES string of the molecule is COc1cc(OC(F)(F)F)ccc1CC(C)N. The van der Waals surface area contributed by atoms with Gasteiger partial charge in [0.25, 0.3) is 0 Å². The summed E-state index contributed by atoms with van der Waals surface area (Å²) in [6.45, 7) is 1.81. The van der Waals surface area contributed by atoms with Crippen LogP contribution in [-0.2, 0) is 6.42 Å². The zero-order valence-electron chi connectivity index (χ0n) is 9.54. The summed E-state index contributed by atoms with van der Waals surface area (Å²) in [5, 5.41) is 0. The Bertz CT molecular complexity index is 377. The Morgan fingerprint density at radius 3 is 2.47 bits per heavy atom.